The van der Waals surface area contributed by atoms with Crippen LogP contribution in [0.4, 0.5) is 18.9 Å². The molecule has 0 aliphatic carbocycles. The van der Waals surface area contributed by atoms with Crippen LogP contribution in [0.15, 0.2) is 48.5 Å². The van der Waals surface area contributed by atoms with Crippen molar-refractivity contribution in [3.05, 3.63) is 65.2 Å². The van der Waals surface area contributed by atoms with Crippen LogP contribution in [0.25, 0.3) is 0 Å². The third kappa shape index (κ3) is 5.49. The molecule has 25 heavy (non-hydrogen) atoms. The first-order chi connectivity index (χ1) is 11.6. The zero-order chi connectivity index (χ0) is 18.7. The topological polar surface area (TPSA) is 72.5 Å². The van der Waals surface area contributed by atoms with Gasteiger partial charge in [0.15, 0.2) is 0 Å². The molecule has 0 saturated heterocycles. The average molecular weight is 373 g/mol. The number of halogens is 3. The van der Waals surface area contributed by atoms with Crippen molar-refractivity contribution in [2.24, 2.45) is 0 Å². The van der Waals surface area contributed by atoms with Gasteiger partial charge in [-0.2, -0.15) is 13.2 Å². The highest BCUT2D eigenvalue weighted by Gasteiger charge is 2.30. The first-order valence-corrected chi connectivity index (χ1v) is 8.85. The van der Waals surface area contributed by atoms with Gasteiger partial charge < -0.3 is 4.74 Å². The first-order valence-electron chi connectivity index (χ1n) is 6.96. The van der Waals surface area contributed by atoms with E-state index in [9.17, 15) is 26.4 Å². The van der Waals surface area contributed by atoms with Gasteiger partial charge >= 0.3 is 12.1 Å². The second-order valence-corrected chi connectivity index (χ2v) is 6.94. The number of sulfonamides is 1. The number of carbonyl (C=O) groups excluding carboxylic acids is 1. The normalized spacial score (nSPS) is 11.8. The number of benzene rings is 2. The Morgan fingerprint density at radius 1 is 1.12 bits per heavy atom. The molecular formula is C16H14F3NO4S. The van der Waals surface area contributed by atoms with Crippen molar-refractivity contribution in [3.63, 3.8) is 0 Å². The Kier molecular flexibility index (Phi) is 5.36. The van der Waals surface area contributed by atoms with Gasteiger partial charge in [-0.3, -0.25) is 4.72 Å². The first kappa shape index (κ1) is 18.8. The number of nitrogens with one attached hydrogen (secondary N) is 1. The summed E-state index contributed by atoms with van der Waals surface area (Å²) in [6.07, 6.45) is -3.57. The number of carbonyl (C=O) groups is 1. The number of alkyl halides is 3. The summed E-state index contributed by atoms with van der Waals surface area (Å²) in [6.45, 7) is -0.379. The Balaban J connectivity index is 2.14. The molecule has 0 heterocycles. The van der Waals surface area contributed by atoms with Crippen LogP contribution < -0.4 is 4.72 Å². The minimum atomic E-state index is -4.49. The average Bonchev–Trinajstić information content (AvgIpc) is 2.51. The minimum absolute atomic E-state index is 0.0269. The molecule has 0 aromatic heterocycles. The van der Waals surface area contributed by atoms with E-state index in [-0.39, 0.29) is 23.4 Å². The van der Waals surface area contributed by atoms with E-state index in [4.69, 9.17) is 4.74 Å². The highest BCUT2D eigenvalue weighted by Crippen LogP contribution is 2.29. The minimum Gasteiger partial charge on any atom is -0.457 e. The Morgan fingerprint density at radius 2 is 1.80 bits per heavy atom. The van der Waals surface area contributed by atoms with Gasteiger partial charge in [0.25, 0.3) is 0 Å². The van der Waals surface area contributed by atoms with E-state index in [0.29, 0.717) is 0 Å². The molecule has 5 nitrogen and oxygen atoms in total. The summed E-state index contributed by atoms with van der Waals surface area (Å²) in [7, 11) is -3.61. The highest BCUT2D eigenvalue weighted by molar-refractivity contribution is 7.92. The molecule has 2 aromatic carbocycles. The zero-order valence-corrected chi connectivity index (χ0v) is 13.8. The summed E-state index contributed by atoms with van der Waals surface area (Å²) >= 11 is 0. The second-order valence-electron chi connectivity index (χ2n) is 5.19. The Hall–Kier alpha value is -2.55. The lowest BCUT2D eigenvalue weighted by atomic mass is 10.1. The van der Waals surface area contributed by atoms with Crippen molar-refractivity contribution in [2.45, 2.75) is 12.8 Å². The molecule has 0 saturated carbocycles. The fourth-order valence-corrected chi connectivity index (χ4v) is 2.59. The lowest BCUT2D eigenvalue weighted by Crippen LogP contribution is -2.14. The van der Waals surface area contributed by atoms with Gasteiger partial charge in [-0.15, -0.1) is 0 Å². The van der Waals surface area contributed by atoms with Crippen LogP contribution in [0.1, 0.15) is 21.5 Å². The molecular weight excluding hydrogens is 359 g/mol. The number of hydrogen-bond acceptors (Lipinski definition) is 4. The fraction of sp³-hybridized carbons (Fsp3) is 0.188. The predicted molar refractivity (Wildman–Crippen MR) is 85.5 cm³/mol. The van der Waals surface area contributed by atoms with Crippen LogP contribution in [0.3, 0.4) is 0 Å². The number of ether oxygens (including phenoxy) is 1. The van der Waals surface area contributed by atoms with Crippen molar-refractivity contribution in [3.8, 4) is 0 Å². The van der Waals surface area contributed by atoms with E-state index < -0.39 is 27.7 Å². The Labute approximate surface area is 142 Å². The standard InChI is InChI=1S/C16H14F3NO4S/c1-25(22,23)20-14-8-3-2-7-13(14)15(21)24-10-11-5-4-6-12(9-11)16(17,18)19/h2-9,20H,10H2,1H3. The van der Waals surface area contributed by atoms with Gasteiger partial charge in [0.1, 0.15) is 6.61 Å². The van der Waals surface area contributed by atoms with Crippen molar-refractivity contribution in [1.29, 1.82) is 0 Å². The number of rotatable bonds is 5. The Morgan fingerprint density at radius 3 is 2.44 bits per heavy atom. The van der Waals surface area contributed by atoms with Crippen molar-refractivity contribution in [1.82, 2.24) is 0 Å². The molecule has 0 amide bonds. The summed E-state index contributed by atoms with van der Waals surface area (Å²) in [4.78, 5) is 12.1. The van der Waals surface area contributed by atoms with Gasteiger partial charge in [-0.1, -0.05) is 24.3 Å². The molecule has 0 fully saturated rings. The predicted octanol–water partition coefficient (Wildman–Crippen LogP) is 3.43. The summed E-state index contributed by atoms with van der Waals surface area (Å²) in [5.74, 6) is -0.857. The molecule has 0 aliphatic rings. The molecule has 0 radical (unpaired) electrons. The Bertz CT molecular complexity index is 879. The van der Waals surface area contributed by atoms with Crippen LogP contribution >= 0.6 is 0 Å². The number of esters is 1. The third-order valence-corrected chi connectivity index (χ3v) is 3.66. The van der Waals surface area contributed by atoms with E-state index in [1.807, 2.05) is 0 Å². The summed E-state index contributed by atoms with van der Waals surface area (Å²) in [6, 6.07) is 10.2. The van der Waals surface area contributed by atoms with Gasteiger partial charge in [-0.25, -0.2) is 13.2 Å². The van der Waals surface area contributed by atoms with Crippen LogP contribution in [0.2, 0.25) is 0 Å². The molecule has 2 aromatic rings. The second kappa shape index (κ2) is 7.14. The quantitative estimate of drug-likeness (QED) is 0.815. The van der Waals surface area contributed by atoms with Crippen LogP contribution in [-0.4, -0.2) is 20.6 Å². The molecule has 0 atom stereocenters. The van der Waals surface area contributed by atoms with E-state index in [1.165, 1.54) is 36.4 Å². The van der Waals surface area contributed by atoms with Gasteiger partial charge in [0, 0.05) is 0 Å². The van der Waals surface area contributed by atoms with E-state index in [1.54, 1.807) is 0 Å². The highest BCUT2D eigenvalue weighted by atomic mass is 32.2. The van der Waals surface area contributed by atoms with Crippen LogP contribution in [-0.2, 0) is 27.5 Å². The van der Waals surface area contributed by atoms with Crippen molar-refractivity contribution >= 4 is 21.7 Å². The summed E-state index contributed by atoms with van der Waals surface area (Å²) < 4.78 is 67.8. The maximum atomic E-state index is 12.7. The summed E-state index contributed by atoms with van der Waals surface area (Å²) in [5.41, 5.74) is -0.698. The van der Waals surface area contributed by atoms with Crippen molar-refractivity contribution < 1.29 is 31.1 Å². The lowest BCUT2D eigenvalue weighted by molar-refractivity contribution is -0.137. The smallest absolute Gasteiger partial charge is 0.416 e. The number of hydrogen-bond donors (Lipinski definition) is 1. The SMILES string of the molecule is CS(=O)(=O)Nc1ccccc1C(=O)OCc1cccc(C(F)(F)F)c1. The maximum Gasteiger partial charge on any atom is 0.416 e. The molecule has 0 aliphatic heterocycles. The number of para-hydroxylation sites is 1. The maximum absolute atomic E-state index is 12.7. The molecule has 2 rings (SSSR count). The fourth-order valence-electron chi connectivity index (χ4n) is 2.01. The lowest BCUT2D eigenvalue weighted by Gasteiger charge is -2.11. The molecule has 0 unspecified atom stereocenters. The largest absolute Gasteiger partial charge is 0.457 e. The van der Waals surface area contributed by atoms with E-state index >= 15 is 0 Å². The van der Waals surface area contributed by atoms with Gasteiger partial charge in [0.05, 0.1) is 23.1 Å². The van der Waals surface area contributed by atoms with E-state index in [0.717, 1.165) is 18.4 Å². The van der Waals surface area contributed by atoms with Crippen molar-refractivity contribution in [2.75, 3.05) is 11.0 Å². The van der Waals surface area contributed by atoms with Gasteiger partial charge in [0.2, 0.25) is 10.0 Å². The summed E-state index contributed by atoms with van der Waals surface area (Å²) in [5, 5.41) is 0. The zero-order valence-electron chi connectivity index (χ0n) is 13.0. The molecule has 0 bridgehead atoms. The number of anilines is 1. The van der Waals surface area contributed by atoms with Gasteiger partial charge in [-0.05, 0) is 29.8 Å². The third-order valence-electron chi connectivity index (χ3n) is 3.07. The molecule has 134 valence electrons. The van der Waals surface area contributed by atoms with E-state index in [2.05, 4.69) is 4.72 Å². The molecule has 1 N–H and O–H groups in total. The monoisotopic (exact) mass is 373 g/mol. The molecule has 9 heteroatoms. The van der Waals surface area contributed by atoms with Crippen LogP contribution in [0.5, 0.6) is 0 Å². The van der Waals surface area contributed by atoms with Crippen LogP contribution in [0, 0.1) is 0 Å². The molecule has 0 spiro atoms.